The Bertz CT molecular complexity index is 582. The zero-order valence-electron chi connectivity index (χ0n) is 14.2. The summed E-state index contributed by atoms with van der Waals surface area (Å²) in [6, 6.07) is 5.14. The van der Waals surface area contributed by atoms with Crippen molar-refractivity contribution in [2.24, 2.45) is 10.7 Å². The molecule has 2 rings (SSSR count). The number of amides is 1. The lowest BCUT2D eigenvalue weighted by Gasteiger charge is -2.17. The summed E-state index contributed by atoms with van der Waals surface area (Å²) in [5.74, 6) is 0.291. The average molecular weight is 352 g/mol. The van der Waals surface area contributed by atoms with Crippen LogP contribution in [0.4, 0.5) is 0 Å². The van der Waals surface area contributed by atoms with Crippen LogP contribution in [0.25, 0.3) is 0 Å². The number of carbonyl (C=O) groups excluding carboxylic acids is 1. The maximum absolute atomic E-state index is 12.5. The molecule has 0 aromatic heterocycles. The van der Waals surface area contributed by atoms with E-state index in [2.05, 4.69) is 10.3 Å². The molecule has 0 radical (unpaired) electrons. The summed E-state index contributed by atoms with van der Waals surface area (Å²) >= 11 is 5.99. The first-order valence-corrected chi connectivity index (χ1v) is 9.05. The average Bonchev–Trinajstić information content (AvgIpc) is 2.51. The van der Waals surface area contributed by atoms with Gasteiger partial charge in [0.1, 0.15) is 5.75 Å². The number of hydrogen-bond donors (Lipinski definition) is 2. The zero-order valence-corrected chi connectivity index (χ0v) is 14.9. The van der Waals surface area contributed by atoms with Crippen molar-refractivity contribution in [3.8, 4) is 5.75 Å². The van der Waals surface area contributed by atoms with E-state index >= 15 is 0 Å². The van der Waals surface area contributed by atoms with Gasteiger partial charge in [0.05, 0.1) is 18.2 Å². The van der Waals surface area contributed by atoms with Crippen LogP contribution in [0.3, 0.4) is 0 Å². The number of hydrogen-bond acceptors (Lipinski definition) is 3. The lowest BCUT2D eigenvalue weighted by molar-refractivity contribution is 0.0972. The molecule has 0 aliphatic heterocycles. The molecular weight excluding hydrogens is 326 g/mol. The Balaban J connectivity index is 2.04. The molecule has 132 valence electrons. The van der Waals surface area contributed by atoms with Crippen LogP contribution < -0.4 is 15.8 Å². The highest BCUT2D eigenvalue weighted by molar-refractivity contribution is 6.31. The highest BCUT2D eigenvalue weighted by Crippen LogP contribution is 2.23. The monoisotopic (exact) mass is 351 g/mol. The first-order valence-electron chi connectivity index (χ1n) is 8.67. The minimum atomic E-state index is -0.354. The molecule has 1 aromatic carbocycles. The highest BCUT2D eigenvalue weighted by atomic mass is 35.5. The van der Waals surface area contributed by atoms with Crippen LogP contribution >= 0.6 is 11.6 Å². The number of nitrogens with one attached hydrogen (secondary N) is 1. The third kappa shape index (κ3) is 5.71. The second-order valence-electron chi connectivity index (χ2n) is 6.04. The molecule has 1 aliphatic rings. The predicted molar refractivity (Wildman–Crippen MR) is 97.8 cm³/mol. The summed E-state index contributed by atoms with van der Waals surface area (Å²) in [5.41, 5.74) is 6.30. The number of carbonyl (C=O) groups is 1. The van der Waals surface area contributed by atoms with Crippen molar-refractivity contribution in [1.82, 2.24) is 5.32 Å². The van der Waals surface area contributed by atoms with Crippen LogP contribution in [0.1, 0.15) is 62.2 Å². The van der Waals surface area contributed by atoms with Crippen LogP contribution in [0.2, 0.25) is 5.02 Å². The van der Waals surface area contributed by atoms with E-state index in [0.29, 0.717) is 22.9 Å². The summed E-state index contributed by atoms with van der Waals surface area (Å²) in [4.78, 5) is 16.9. The van der Waals surface area contributed by atoms with Gasteiger partial charge in [0, 0.05) is 5.02 Å². The number of nitrogens with two attached hydrogens (primary N) is 1. The highest BCUT2D eigenvalue weighted by Gasteiger charge is 2.16. The fraction of sp³-hybridized carbons (Fsp3) is 0.556. The van der Waals surface area contributed by atoms with E-state index < -0.39 is 0 Å². The van der Waals surface area contributed by atoms with Crippen molar-refractivity contribution < 1.29 is 9.53 Å². The van der Waals surface area contributed by atoms with Gasteiger partial charge in [0.25, 0.3) is 5.91 Å². The van der Waals surface area contributed by atoms with Crippen molar-refractivity contribution in [2.75, 3.05) is 6.61 Å². The quantitative estimate of drug-likeness (QED) is 0.638. The fourth-order valence-electron chi connectivity index (χ4n) is 2.94. The summed E-state index contributed by atoms with van der Waals surface area (Å²) in [7, 11) is 0. The van der Waals surface area contributed by atoms with Gasteiger partial charge in [-0.1, -0.05) is 43.7 Å². The molecule has 3 N–H and O–H groups in total. The molecule has 0 spiro atoms. The van der Waals surface area contributed by atoms with Gasteiger partial charge in [-0.15, -0.1) is 0 Å². The molecule has 5 nitrogen and oxygen atoms in total. The van der Waals surface area contributed by atoms with E-state index in [1.54, 1.807) is 18.2 Å². The predicted octanol–water partition coefficient (Wildman–Crippen LogP) is 3.90. The number of benzene rings is 1. The number of ether oxygens (including phenoxy) is 1. The molecule has 0 heterocycles. The molecule has 1 fully saturated rings. The largest absolute Gasteiger partial charge is 0.493 e. The number of aliphatic imine (C=N–C) groups is 1. The molecule has 0 atom stereocenters. The Morgan fingerprint density at radius 2 is 1.96 bits per heavy atom. The smallest absolute Gasteiger partial charge is 0.261 e. The zero-order chi connectivity index (χ0) is 17.4. The van der Waals surface area contributed by atoms with Crippen LogP contribution in [0.15, 0.2) is 23.2 Å². The molecule has 0 saturated heterocycles. The molecule has 0 bridgehead atoms. The summed E-state index contributed by atoms with van der Waals surface area (Å²) in [5, 5.41) is 3.13. The molecule has 1 amide bonds. The van der Waals surface area contributed by atoms with Gasteiger partial charge in [-0.25, -0.2) is 4.99 Å². The van der Waals surface area contributed by atoms with E-state index in [9.17, 15) is 4.79 Å². The summed E-state index contributed by atoms with van der Waals surface area (Å²) in [6.07, 6.45) is 8.18. The molecular formula is C18H26ClN3O2. The topological polar surface area (TPSA) is 76.7 Å². The fourth-order valence-corrected chi connectivity index (χ4v) is 3.11. The Kier molecular flexibility index (Phi) is 7.37. The number of nitrogens with zero attached hydrogens (tertiary/aromatic N) is 1. The number of halogens is 1. The Morgan fingerprint density at radius 3 is 2.62 bits per heavy atom. The minimum Gasteiger partial charge on any atom is -0.493 e. The second-order valence-corrected chi connectivity index (χ2v) is 6.48. The normalized spacial score (nSPS) is 17.0. The van der Waals surface area contributed by atoms with E-state index in [-0.39, 0.29) is 17.9 Å². The molecule has 0 unspecified atom stereocenters. The molecule has 6 heteroatoms. The van der Waals surface area contributed by atoms with E-state index in [1.165, 1.54) is 19.3 Å². The first kappa shape index (κ1) is 18.6. The van der Waals surface area contributed by atoms with Gasteiger partial charge in [-0.2, -0.15) is 0 Å². The van der Waals surface area contributed by atoms with E-state index in [0.717, 1.165) is 25.7 Å². The summed E-state index contributed by atoms with van der Waals surface area (Å²) in [6.45, 7) is 2.33. The van der Waals surface area contributed by atoms with E-state index in [4.69, 9.17) is 22.1 Å². The van der Waals surface area contributed by atoms with Crippen molar-refractivity contribution in [3.05, 3.63) is 28.8 Å². The maximum atomic E-state index is 12.5. The maximum Gasteiger partial charge on any atom is 0.261 e. The van der Waals surface area contributed by atoms with Crippen LogP contribution in [0, 0.1) is 0 Å². The van der Waals surface area contributed by atoms with E-state index in [1.807, 2.05) is 6.92 Å². The summed E-state index contributed by atoms with van der Waals surface area (Å²) < 4.78 is 5.47. The van der Waals surface area contributed by atoms with Gasteiger partial charge < -0.3 is 10.5 Å². The van der Waals surface area contributed by atoms with Gasteiger partial charge in [0.2, 0.25) is 0 Å². The molecule has 24 heavy (non-hydrogen) atoms. The van der Waals surface area contributed by atoms with Crippen LogP contribution in [-0.2, 0) is 0 Å². The minimum absolute atomic E-state index is 0.160. The third-order valence-corrected chi connectivity index (χ3v) is 4.36. The Labute approximate surface area is 148 Å². The number of rotatable bonds is 4. The molecule has 1 saturated carbocycles. The second kappa shape index (κ2) is 9.52. The van der Waals surface area contributed by atoms with Gasteiger partial charge in [-0.3, -0.25) is 10.1 Å². The first-order chi connectivity index (χ1) is 11.6. The Hall–Kier alpha value is -1.75. The van der Waals surface area contributed by atoms with Crippen molar-refractivity contribution in [1.29, 1.82) is 0 Å². The van der Waals surface area contributed by atoms with Gasteiger partial charge in [0.15, 0.2) is 5.96 Å². The lowest BCUT2D eigenvalue weighted by Crippen LogP contribution is -2.38. The number of guanidine groups is 1. The standard InChI is InChI=1S/C18H26ClN3O2/c1-2-24-16-11-10-13(19)12-15(16)17(23)22-18(20)21-14-8-6-4-3-5-7-9-14/h10-12,14H,2-9H2,1H3,(H3,20,21,22,23). The SMILES string of the molecule is CCOc1ccc(Cl)cc1C(=O)NC(N)=NC1CCCCCCC1. The molecule has 1 aromatic rings. The van der Waals surface area contributed by atoms with Crippen molar-refractivity contribution in [3.63, 3.8) is 0 Å². The van der Waals surface area contributed by atoms with Gasteiger partial charge >= 0.3 is 0 Å². The van der Waals surface area contributed by atoms with Crippen LogP contribution in [0.5, 0.6) is 5.75 Å². The van der Waals surface area contributed by atoms with Crippen molar-refractivity contribution in [2.45, 2.75) is 57.9 Å². The van der Waals surface area contributed by atoms with Gasteiger partial charge in [-0.05, 0) is 38.0 Å². The Morgan fingerprint density at radius 1 is 1.29 bits per heavy atom. The molecule has 1 aliphatic carbocycles. The third-order valence-electron chi connectivity index (χ3n) is 4.12. The lowest BCUT2D eigenvalue weighted by atomic mass is 9.97. The van der Waals surface area contributed by atoms with Crippen LogP contribution in [-0.4, -0.2) is 24.5 Å². The van der Waals surface area contributed by atoms with Crippen molar-refractivity contribution >= 4 is 23.5 Å².